The predicted molar refractivity (Wildman–Crippen MR) is 77.1 cm³/mol. The van der Waals surface area contributed by atoms with E-state index < -0.39 is 0 Å². The molecule has 1 aromatic carbocycles. The fraction of sp³-hybridized carbons (Fsp3) is 0.143. The number of hydrogen-bond acceptors (Lipinski definition) is 5. The Labute approximate surface area is 121 Å². The molecule has 0 aliphatic rings. The summed E-state index contributed by atoms with van der Waals surface area (Å²) >= 11 is 1.27. The van der Waals surface area contributed by atoms with E-state index in [0.717, 1.165) is 0 Å². The maximum atomic E-state index is 12.1. The Morgan fingerprint density at radius 3 is 2.70 bits per heavy atom. The van der Waals surface area contributed by atoms with E-state index in [1.54, 1.807) is 49.6 Å². The number of thioether (sulfide) groups is 1. The molecular weight excluding hydrogens is 272 g/mol. The van der Waals surface area contributed by atoms with E-state index in [-0.39, 0.29) is 11.2 Å². The third-order valence-electron chi connectivity index (χ3n) is 2.50. The molecule has 2 aromatic rings. The normalized spacial score (nSPS) is 11.4. The SMILES string of the molecule is C[C@@H](Sc1ncccn1)C(=O)Nc1ccccc1C#N. The quantitative estimate of drug-likeness (QED) is 0.689. The van der Waals surface area contributed by atoms with E-state index >= 15 is 0 Å². The number of nitriles is 1. The number of rotatable bonds is 4. The molecule has 5 nitrogen and oxygen atoms in total. The van der Waals surface area contributed by atoms with Crippen molar-refractivity contribution in [3.63, 3.8) is 0 Å². The number of nitrogens with one attached hydrogen (secondary N) is 1. The van der Waals surface area contributed by atoms with Gasteiger partial charge in [0.05, 0.1) is 16.5 Å². The van der Waals surface area contributed by atoms with Crippen LogP contribution in [0.4, 0.5) is 5.69 Å². The van der Waals surface area contributed by atoms with Crippen LogP contribution in [0.1, 0.15) is 12.5 Å². The van der Waals surface area contributed by atoms with Gasteiger partial charge in [0.1, 0.15) is 6.07 Å². The van der Waals surface area contributed by atoms with Gasteiger partial charge in [0.2, 0.25) is 5.91 Å². The van der Waals surface area contributed by atoms with Gasteiger partial charge in [-0.25, -0.2) is 9.97 Å². The van der Waals surface area contributed by atoms with Gasteiger partial charge in [-0.15, -0.1) is 0 Å². The lowest BCUT2D eigenvalue weighted by Gasteiger charge is -2.11. The van der Waals surface area contributed by atoms with Gasteiger partial charge in [-0.1, -0.05) is 23.9 Å². The number of benzene rings is 1. The zero-order chi connectivity index (χ0) is 14.4. The number of aromatic nitrogens is 2. The first-order valence-corrected chi connectivity index (χ1v) is 6.82. The van der Waals surface area contributed by atoms with Crippen molar-refractivity contribution in [1.82, 2.24) is 9.97 Å². The van der Waals surface area contributed by atoms with Crippen LogP contribution in [-0.4, -0.2) is 21.1 Å². The molecule has 1 atom stereocenters. The minimum absolute atomic E-state index is 0.190. The molecular formula is C14H12N4OS. The summed E-state index contributed by atoms with van der Waals surface area (Å²) in [5.74, 6) is -0.190. The van der Waals surface area contributed by atoms with Crippen LogP contribution in [0, 0.1) is 11.3 Å². The Morgan fingerprint density at radius 1 is 1.30 bits per heavy atom. The lowest BCUT2D eigenvalue weighted by molar-refractivity contribution is -0.115. The maximum Gasteiger partial charge on any atom is 0.237 e. The predicted octanol–water partition coefficient (Wildman–Crippen LogP) is 2.47. The number of carbonyl (C=O) groups excluding carboxylic acids is 1. The molecule has 0 radical (unpaired) electrons. The average molecular weight is 284 g/mol. The molecule has 0 saturated heterocycles. The second-order valence-electron chi connectivity index (χ2n) is 3.94. The Hall–Kier alpha value is -2.39. The zero-order valence-electron chi connectivity index (χ0n) is 10.8. The van der Waals surface area contributed by atoms with Crippen molar-refractivity contribution in [2.75, 3.05) is 5.32 Å². The third kappa shape index (κ3) is 3.56. The summed E-state index contributed by atoms with van der Waals surface area (Å²) in [5.41, 5.74) is 0.954. The number of para-hydroxylation sites is 1. The van der Waals surface area contributed by atoms with Gasteiger partial charge >= 0.3 is 0 Å². The van der Waals surface area contributed by atoms with Gasteiger partial charge in [-0.3, -0.25) is 4.79 Å². The summed E-state index contributed by atoms with van der Waals surface area (Å²) in [6.45, 7) is 1.77. The van der Waals surface area contributed by atoms with E-state index in [1.165, 1.54) is 11.8 Å². The van der Waals surface area contributed by atoms with Gasteiger partial charge in [-0.2, -0.15) is 5.26 Å². The maximum absolute atomic E-state index is 12.1. The highest BCUT2D eigenvalue weighted by molar-refractivity contribution is 8.00. The Balaban J connectivity index is 2.03. The standard InChI is InChI=1S/C14H12N4OS/c1-10(20-14-16-7-4-8-17-14)13(19)18-12-6-3-2-5-11(12)9-15/h2-8,10H,1H3,(H,18,19)/t10-/m1/s1. The topological polar surface area (TPSA) is 78.7 Å². The summed E-state index contributed by atoms with van der Waals surface area (Å²) in [5, 5.41) is 11.9. The highest BCUT2D eigenvalue weighted by Gasteiger charge is 2.16. The van der Waals surface area contributed by atoms with Crippen molar-refractivity contribution in [3.8, 4) is 6.07 Å². The van der Waals surface area contributed by atoms with Crippen LogP contribution < -0.4 is 5.32 Å². The first-order chi connectivity index (χ1) is 9.70. The van der Waals surface area contributed by atoms with E-state index in [9.17, 15) is 4.79 Å². The fourth-order valence-corrected chi connectivity index (χ4v) is 2.21. The monoisotopic (exact) mass is 284 g/mol. The van der Waals surface area contributed by atoms with Gasteiger partial charge in [0.15, 0.2) is 5.16 Å². The molecule has 6 heteroatoms. The van der Waals surface area contributed by atoms with Crippen molar-refractivity contribution in [3.05, 3.63) is 48.3 Å². The summed E-state index contributed by atoms with van der Waals surface area (Å²) < 4.78 is 0. The number of anilines is 1. The van der Waals surface area contributed by atoms with Crippen LogP contribution in [0.15, 0.2) is 47.9 Å². The lowest BCUT2D eigenvalue weighted by Crippen LogP contribution is -2.23. The number of amides is 1. The van der Waals surface area contributed by atoms with Crippen molar-refractivity contribution >= 4 is 23.4 Å². The molecule has 0 bridgehead atoms. The lowest BCUT2D eigenvalue weighted by atomic mass is 10.2. The van der Waals surface area contributed by atoms with Gasteiger partial charge in [0, 0.05) is 12.4 Å². The molecule has 0 saturated carbocycles. The number of carbonyl (C=O) groups is 1. The average Bonchev–Trinajstić information content (AvgIpc) is 2.48. The minimum atomic E-state index is -0.357. The van der Waals surface area contributed by atoms with Gasteiger partial charge < -0.3 is 5.32 Å². The molecule has 20 heavy (non-hydrogen) atoms. The largest absolute Gasteiger partial charge is 0.324 e. The van der Waals surface area contributed by atoms with Crippen LogP contribution in [0.3, 0.4) is 0 Å². The third-order valence-corrected chi connectivity index (χ3v) is 3.49. The van der Waals surface area contributed by atoms with Crippen LogP contribution >= 0.6 is 11.8 Å². The molecule has 100 valence electrons. The van der Waals surface area contributed by atoms with Crippen LogP contribution in [0.25, 0.3) is 0 Å². The number of hydrogen-bond donors (Lipinski definition) is 1. The van der Waals surface area contributed by atoms with Crippen LogP contribution in [0.2, 0.25) is 0 Å². The highest BCUT2D eigenvalue weighted by atomic mass is 32.2. The first kappa shape index (κ1) is 14.0. The molecule has 1 heterocycles. The molecule has 0 aliphatic carbocycles. The van der Waals surface area contributed by atoms with Crippen molar-refractivity contribution in [2.24, 2.45) is 0 Å². The van der Waals surface area contributed by atoms with Gasteiger partial charge in [0.25, 0.3) is 0 Å². The van der Waals surface area contributed by atoms with Crippen molar-refractivity contribution in [1.29, 1.82) is 5.26 Å². The van der Waals surface area contributed by atoms with Crippen molar-refractivity contribution in [2.45, 2.75) is 17.3 Å². The molecule has 0 spiro atoms. The fourth-order valence-electron chi connectivity index (χ4n) is 1.48. The molecule has 1 aromatic heterocycles. The van der Waals surface area contributed by atoms with E-state index in [0.29, 0.717) is 16.4 Å². The molecule has 1 amide bonds. The molecule has 0 aliphatic heterocycles. The van der Waals surface area contributed by atoms with Crippen LogP contribution in [0.5, 0.6) is 0 Å². The highest BCUT2D eigenvalue weighted by Crippen LogP contribution is 2.21. The van der Waals surface area contributed by atoms with E-state index in [2.05, 4.69) is 15.3 Å². The van der Waals surface area contributed by atoms with Crippen LogP contribution in [-0.2, 0) is 4.79 Å². The summed E-state index contributed by atoms with van der Waals surface area (Å²) in [4.78, 5) is 20.2. The zero-order valence-corrected chi connectivity index (χ0v) is 11.6. The van der Waals surface area contributed by atoms with E-state index in [4.69, 9.17) is 5.26 Å². The molecule has 2 rings (SSSR count). The second kappa shape index (κ2) is 6.68. The van der Waals surface area contributed by atoms with E-state index in [1.807, 2.05) is 6.07 Å². The molecule has 1 N–H and O–H groups in total. The second-order valence-corrected chi connectivity index (χ2v) is 5.25. The molecule has 0 fully saturated rings. The summed E-state index contributed by atoms with van der Waals surface area (Å²) in [6.07, 6.45) is 3.26. The summed E-state index contributed by atoms with van der Waals surface area (Å²) in [7, 11) is 0. The number of nitrogens with zero attached hydrogens (tertiary/aromatic N) is 3. The Bertz CT molecular complexity index is 639. The minimum Gasteiger partial charge on any atom is -0.324 e. The smallest absolute Gasteiger partial charge is 0.237 e. The Kier molecular flexibility index (Phi) is 4.69. The van der Waals surface area contributed by atoms with Crippen molar-refractivity contribution < 1.29 is 4.79 Å². The summed E-state index contributed by atoms with van der Waals surface area (Å²) in [6, 6.07) is 10.7. The van der Waals surface area contributed by atoms with Gasteiger partial charge in [-0.05, 0) is 25.1 Å². The molecule has 0 unspecified atom stereocenters. The first-order valence-electron chi connectivity index (χ1n) is 5.94. The Morgan fingerprint density at radius 2 is 2.00 bits per heavy atom.